The summed E-state index contributed by atoms with van der Waals surface area (Å²) in [7, 11) is 0. The predicted molar refractivity (Wildman–Crippen MR) is 115 cm³/mol. The van der Waals surface area contributed by atoms with Crippen LogP contribution in [0.25, 0.3) is 11.1 Å². The number of carbonyl (C=O) groups excluding carboxylic acids is 2. The maximum absolute atomic E-state index is 12.6. The molecule has 0 bridgehead atoms. The van der Waals surface area contributed by atoms with Gasteiger partial charge in [-0.25, -0.2) is 0 Å². The van der Waals surface area contributed by atoms with E-state index in [9.17, 15) is 14.7 Å². The van der Waals surface area contributed by atoms with Crippen LogP contribution in [-0.4, -0.2) is 34.9 Å². The van der Waals surface area contributed by atoms with Gasteiger partial charge in [0.05, 0.1) is 11.6 Å². The van der Waals surface area contributed by atoms with E-state index in [0.717, 1.165) is 16.7 Å². The zero-order chi connectivity index (χ0) is 20.2. The van der Waals surface area contributed by atoms with Crippen molar-refractivity contribution in [2.24, 2.45) is 0 Å². The molecule has 6 heteroatoms. The minimum Gasteiger partial charge on any atom is -0.875 e. The molecule has 0 saturated carbocycles. The number of hydrogen-bond acceptors (Lipinski definition) is 3. The molecule has 1 atom stereocenters. The third-order valence-electron chi connectivity index (χ3n) is 4.88. The Morgan fingerprint density at radius 1 is 0.867 bits per heavy atom. The van der Waals surface area contributed by atoms with Gasteiger partial charge in [-0.2, -0.15) is 0 Å². The Balaban J connectivity index is 0.00000256. The van der Waals surface area contributed by atoms with Gasteiger partial charge >= 0.3 is 23.1 Å². The molecule has 0 aliphatic carbocycles. The first kappa shape index (κ1) is 21.6. The van der Waals surface area contributed by atoms with E-state index in [2.05, 4.69) is 10.6 Å². The van der Waals surface area contributed by atoms with Crippen LogP contribution in [-0.2, 0) is 9.59 Å². The molecule has 4 rings (SSSR count). The van der Waals surface area contributed by atoms with Crippen LogP contribution in [0.3, 0.4) is 0 Å². The van der Waals surface area contributed by atoms with E-state index >= 15 is 0 Å². The summed E-state index contributed by atoms with van der Waals surface area (Å²) in [5.74, 6) is -1.79. The Morgan fingerprint density at radius 2 is 1.43 bits per heavy atom. The molecule has 2 amide bonds. The molecule has 0 fully saturated rings. The Kier molecular flexibility index (Phi) is 6.92. The summed E-state index contributed by atoms with van der Waals surface area (Å²) in [6, 6.07) is 25.9. The zero-order valence-corrected chi connectivity index (χ0v) is 17.7. The number of rotatable bonds is 4. The van der Waals surface area contributed by atoms with E-state index in [-0.39, 0.29) is 35.0 Å². The van der Waals surface area contributed by atoms with Gasteiger partial charge in [0.15, 0.2) is 0 Å². The van der Waals surface area contributed by atoms with Crippen LogP contribution in [0.1, 0.15) is 18.0 Å². The number of hydrogen-bond donors (Lipinski definition) is 2. The molecule has 144 valence electrons. The fourth-order valence-electron chi connectivity index (χ4n) is 3.38. The van der Waals surface area contributed by atoms with E-state index in [1.165, 1.54) is 0 Å². The predicted octanol–water partition coefficient (Wildman–Crippen LogP) is 2.79. The summed E-state index contributed by atoms with van der Waals surface area (Å²) in [4.78, 5) is 25.0. The molecule has 3 aromatic rings. The summed E-state index contributed by atoms with van der Waals surface area (Å²) in [5.41, 5.74) is 3.07. The number of amides is 2. The van der Waals surface area contributed by atoms with E-state index in [0.29, 0.717) is 5.69 Å². The van der Waals surface area contributed by atoms with Crippen molar-refractivity contribution in [3.05, 3.63) is 102 Å². The molecule has 2 N–H and O–H groups in total. The number of carbonyl (C=O) groups is 2. The molecule has 5 nitrogen and oxygen atoms in total. The van der Waals surface area contributed by atoms with Crippen LogP contribution in [0, 0.1) is 0 Å². The standard InChI is InChI=1S/C24H20N2O3.Mg/c27-21-15-20(18-9-5-2-6-10-18)26-24(29)22(21)23(28)25-19-13-11-17(12-14-19)16-7-3-1-4-8-16;/h1-14,20,27H,15H2,(H,25,28)(H,26,29);/q;+2/p-1. The molecule has 30 heavy (non-hydrogen) atoms. The van der Waals surface area contributed by atoms with Gasteiger partial charge in [-0.3, -0.25) is 9.59 Å². The van der Waals surface area contributed by atoms with Crippen molar-refractivity contribution in [2.45, 2.75) is 12.5 Å². The maximum Gasteiger partial charge on any atom is 2.00 e. The molecule has 3 aromatic carbocycles. The van der Waals surface area contributed by atoms with Crippen molar-refractivity contribution >= 4 is 40.6 Å². The Bertz CT molecular complexity index is 1060. The number of nitrogens with one attached hydrogen (secondary N) is 2. The van der Waals surface area contributed by atoms with Crippen LogP contribution < -0.4 is 15.7 Å². The van der Waals surface area contributed by atoms with E-state index < -0.39 is 23.6 Å². The summed E-state index contributed by atoms with van der Waals surface area (Å²) in [5, 5.41) is 17.9. The molecule has 1 unspecified atom stereocenters. The SMILES string of the molecule is O=C(Nc1ccc(-c2ccccc2)cc1)C1=C([O-])CC(c2ccccc2)NC1=O.[Mg+2]. The van der Waals surface area contributed by atoms with Crippen molar-refractivity contribution in [2.75, 3.05) is 5.32 Å². The molecular formula is C24H19MgN2O3+. The average Bonchev–Trinajstić information content (AvgIpc) is 2.75. The van der Waals surface area contributed by atoms with Crippen molar-refractivity contribution in [1.29, 1.82) is 0 Å². The molecule has 1 aliphatic heterocycles. The van der Waals surface area contributed by atoms with Gasteiger partial charge < -0.3 is 15.7 Å². The second-order valence-corrected chi connectivity index (χ2v) is 6.84. The Hall–Kier alpha value is -3.09. The van der Waals surface area contributed by atoms with Crippen LogP contribution in [0.15, 0.2) is 96.3 Å². The largest absolute Gasteiger partial charge is 2.00 e. The number of anilines is 1. The third-order valence-corrected chi connectivity index (χ3v) is 4.88. The maximum atomic E-state index is 12.6. The van der Waals surface area contributed by atoms with Crippen molar-refractivity contribution in [3.63, 3.8) is 0 Å². The van der Waals surface area contributed by atoms with E-state index in [1.807, 2.05) is 72.8 Å². The summed E-state index contributed by atoms with van der Waals surface area (Å²) < 4.78 is 0. The van der Waals surface area contributed by atoms with Gasteiger partial charge in [0.2, 0.25) is 0 Å². The van der Waals surface area contributed by atoms with E-state index in [4.69, 9.17) is 0 Å². The minimum atomic E-state index is -0.688. The van der Waals surface area contributed by atoms with Crippen LogP contribution >= 0.6 is 0 Å². The summed E-state index contributed by atoms with van der Waals surface area (Å²) in [6.07, 6.45) is 0.0610. The van der Waals surface area contributed by atoms with Gasteiger partial charge in [0, 0.05) is 5.69 Å². The Morgan fingerprint density at radius 3 is 2.03 bits per heavy atom. The first-order valence-corrected chi connectivity index (χ1v) is 9.34. The minimum absolute atomic E-state index is 0. The third kappa shape index (κ3) is 4.72. The molecule has 0 spiro atoms. The smallest absolute Gasteiger partial charge is 0.875 e. The van der Waals surface area contributed by atoms with E-state index in [1.54, 1.807) is 12.1 Å². The monoisotopic (exact) mass is 407 g/mol. The van der Waals surface area contributed by atoms with Gasteiger partial charge in [-0.05, 0) is 35.2 Å². The second-order valence-electron chi connectivity index (χ2n) is 6.84. The van der Waals surface area contributed by atoms with Crippen molar-refractivity contribution in [1.82, 2.24) is 5.32 Å². The Labute approximate surface area is 191 Å². The molecule has 0 aromatic heterocycles. The van der Waals surface area contributed by atoms with Gasteiger partial charge in [-0.15, -0.1) is 5.76 Å². The van der Waals surface area contributed by atoms with Gasteiger partial charge in [0.25, 0.3) is 11.8 Å². The molecule has 0 radical (unpaired) electrons. The molecule has 1 aliphatic rings. The second kappa shape index (κ2) is 9.60. The van der Waals surface area contributed by atoms with Crippen LogP contribution in [0.4, 0.5) is 5.69 Å². The first-order valence-electron chi connectivity index (χ1n) is 9.34. The van der Waals surface area contributed by atoms with Crippen molar-refractivity contribution < 1.29 is 14.7 Å². The molecule has 1 heterocycles. The quantitative estimate of drug-likeness (QED) is 0.515. The van der Waals surface area contributed by atoms with Gasteiger partial charge in [-0.1, -0.05) is 72.8 Å². The zero-order valence-electron chi connectivity index (χ0n) is 16.3. The van der Waals surface area contributed by atoms with Crippen LogP contribution in [0.5, 0.6) is 0 Å². The topological polar surface area (TPSA) is 81.3 Å². The average molecular weight is 408 g/mol. The number of benzene rings is 3. The fraction of sp³-hybridized carbons (Fsp3) is 0.0833. The van der Waals surface area contributed by atoms with Gasteiger partial charge in [0.1, 0.15) is 0 Å². The molecular weight excluding hydrogens is 389 g/mol. The molecule has 0 saturated heterocycles. The van der Waals surface area contributed by atoms with Crippen LogP contribution in [0.2, 0.25) is 0 Å². The first-order chi connectivity index (χ1) is 14.1. The summed E-state index contributed by atoms with van der Waals surface area (Å²) >= 11 is 0. The van der Waals surface area contributed by atoms with Crippen molar-refractivity contribution in [3.8, 4) is 11.1 Å². The summed E-state index contributed by atoms with van der Waals surface area (Å²) in [6.45, 7) is 0. The normalized spacial score (nSPS) is 15.7. The fourth-order valence-corrected chi connectivity index (χ4v) is 3.38.